The summed E-state index contributed by atoms with van der Waals surface area (Å²) in [6.45, 7) is 4.24. The van der Waals surface area contributed by atoms with Gasteiger partial charge >= 0.3 is 0 Å². The second-order valence-electron chi connectivity index (χ2n) is 5.69. The van der Waals surface area contributed by atoms with Crippen LogP contribution in [0.1, 0.15) is 17.8 Å². The minimum absolute atomic E-state index is 0.252. The minimum atomic E-state index is -0.252. The molecule has 0 saturated carbocycles. The minimum Gasteiger partial charge on any atom is -0.378 e. The SMILES string of the molecule is COC1(Cn2c(CCCl)nc3c(C)cccc32)CCOC1. The number of fused-ring (bicyclic) bond motifs is 1. The fourth-order valence-corrected chi connectivity index (χ4v) is 3.18. The van der Waals surface area contributed by atoms with E-state index in [-0.39, 0.29) is 5.60 Å². The molecule has 0 aliphatic carbocycles. The van der Waals surface area contributed by atoms with Gasteiger partial charge in [-0.3, -0.25) is 0 Å². The van der Waals surface area contributed by atoms with Gasteiger partial charge < -0.3 is 14.0 Å². The van der Waals surface area contributed by atoms with Crippen LogP contribution in [0.4, 0.5) is 0 Å². The van der Waals surface area contributed by atoms with E-state index in [1.807, 2.05) is 0 Å². The number of nitrogens with zero attached hydrogens (tertiary/aromatic N) is 2. The van der Waals surface area contributed by atoms with E-state index in [1.54, 1.807) is 7.11 Å². The van der Waals surface area contributed by atoms with Gasteiger partial charge in [-0.25, -0.2) is 4.98 Å². The van der Waals surface area contributed by atoms with Crippen molar-refractivity contribution in [1.82, 2.24) is 9.55 Å². The van der Waals surface area contributed by atoms with Crippen LogP contribution in [0.25, 0.3) is 11.0 Å². The largest absolute Gasteiger partial charge is 0.378 e. The highest BCUT2D eigenvalue weighted by Gasteiger charge is 2.36. The van der Waals surface area contributed by atoms with Crippen LogP contribution in [-0.4, -0.2) is 41.4 Å². The van der Waals surface area contributed by atoms with Crippen molar-refractivity contribution >= 4 is 22.6 Å². The second-order valence-corrected chi connectivity index (χ2v) is 6.06. The number of rotatable bonds is 5. The third-order valence-electron chi connectivity index (χ3n) is 4.32. The zero-order valence-electron chi connectivity index (χ0n) is 12.6. The summed E-state index contributed by atoms with van der Waals surface area (Å²) in [5, 5.41) is 0. The Hall–Kier alpha value is -1.10. The van der Waals surface area contributed by atoms with E-state index in [4.69, 9.17) is 26.1 Å². The van der Waals surface area contributed by atoms with Gasteiger partial charge in [0.05, 0.1) is 24.2 Å². The lowest BCUT2D eigenvalue weighted by Crippen LogP contribution is -2.37. The van der Waals surface area contributed by atoms with Crippen molar-refractivity contribution in [2.24, 2.45) is 0 Å². The molecule has 4 nitrogen and oxygen atoms in total. The molecule has 0 bridgehead atoms. The Kier molecular flexibility index (Phi) is 4.20. The molecular weight excluding hydrogens is 288 g/mol. The molecule has 0 radical (unpaired) electrons. The second kappa shape index (κ2) is 5.95. The summed E-state index contributed by atoms with van der Waals surface area (Å²) in [6, 6.07) is 6.28. The first-order valence-electron chi connectivity index (χ1n) is 7.33. The predicted octanol–water partition coefficient (Wildman–Crippen LogP) is 2.93. The van der Waals surface area contributed by atoms with E-state index in [2.05, 4.69) is 29.7 Å². The van der Waals surface area contributed by atoms with E-state index < -0.39 is 0 Å². The van der Waals surface area contributed by atoms with Crippen LogP contribution in [0.2, 0.25) is 0 Å². The Morgan fingerprint density at radius 3 is 3.00 bits per heavy atom. The smallest absolute Gasteiger partial charge is 0.111 e. The number of aromatic nitrogens is 2. The summed E-state index contributed by atoms with van der Waals surface area (Å²) < 4.78 is 13.6. The van der Waals surface area contributed by atoms with Gasteiger partial charge in [0.2, 0.25) is 0 Å². The Labute approximate surface area is 130 Å². The highest BCUT2D eigenvalue weighted by molar-refractivity contribution is 6.17. The molecule has 5 heteroatoms. The van der Waals surface area contributed by atoms with Crippen molar-refractivity contribution in [3.05, 3.63) is 29.6 Å². The van der Waals surface area contributed by atoms with Gasteiger partial charge in [0.25, 0.3) is 0 Å². The van der Waals surface area contributed by atoms with Gasteiger partial charge in [-0.1, -0.05) is 12.1 Å². The van der Waals surface area contributed by atoms with Crippen molar-refractivity contribution in [3.63, 3.8) is 0 Å². The van der Waals surface area contributed by atoms with Crippen LogP contribution in [-0.2, 0) is 22.4 Å². The molecule has 1 fully saturated rings. The molecule has 2 heterocycles. The molecule has 1 aromatic heterocycles. The fraction of sp³-hybridized carbons (Fsp3) is 0.562. The number of benzene rings is 1. The standard InChI is InChI=1S/C16H21ClN2O2/c1-12-4-3-5-13-15(12)18-14(6-8-17)19(13)10-16(20-2)7-9-21-11-16/h3-5H,6-11H2,1-2H3. The Morgan fingerprint density at radius 1 is 1.48 bits per heavy atom. The number of imidazole rings is 1. The average molecular weight is 309 g/mol. The van der Waals surface area contributed by atoms with Gasteiger partial charge in [0.1, 0.15) is 11.4 Å². The van der Waals surface area contributed by atoms with E-state index in [1.165, 1.54) is 5.56 Å². The summed E-state index contributed by atoms with van der Waals surface area (Å²) in [5.74, 6) is 1.59. The van der Waals surface area contributed by atoms with Crippen LogP contribution in [0, 0.1) is 6.92 Å². The molecule has 1 saturated heterocycles. The Morgan fingerprint density at radius 2 is 2.33 bits per heavy atom. The lowest BCUT2D eigenvalue weighted by Gasteiger charge is -2.27. The highest BCUT2D eigenvalue weighted by Crippen LogP contribution is 2.28. The number of methoxy groups -OCH3 is 1. The molecule has 1 atom stereocenters. The normalized spacial score (nSPS) is 22.2. The molecule has 3 rings (SSSR count). The first-order chi connectivity index (χ1) is 10.2. The molecule has 0 spiro atoms. The zero-order chi connectivity index (χ0) is 14.9. The maximum absolute atomic E-state index is 5.95. The van der Waals surface area contributed by atoms with Crippen LogP contribution < -0.4 is 0 Å². The monoisotopic (exact) mass is 308 g/mol. The summed E-state index contributed by atoms with van der Waals surface area (Å²) >= 11 is 5.95. The van der Waals surface area contributed by atoms with Gasteiger partial charge in [-0.15, -0.1) is 11.6 Å². The summed E-state index contributed by atoms with van der Waals surface area (Å²) in [4.78, 5) is 4.79. The van der Waals surface area contributed by atoms with Gasteiger partial charge in [0, 0.05) is 32.4 Å². The first kappa shape index (κ1) is 14.8. The number of halogens is 1. The molecule has 0 amide bonds. The van der Waals surface area contributed by atoms with Crippen molar-refractivity contribution in [2.75, 3.05) is 26.2 Å². The van der Waals surface area contributed by atoms with E-state index in [0.717, 1.165) is 42.9 Å². The van der Waals surface area contributed by atoms with Gasteiger partial charge in [0.15, 0.2) is 0 Å². The van der Waals surface area contributed by atoms with Crippen molar-refractivity contribution < 1.29 is 9.47 Å². The maximum atomic E-state index is 5.95. The van der Waals surface area contributed by atoms with E-state index >= 15 is 0 Å². The van der Waals surface area contributed by atoms with E-state index in [9.17, 15) is 0 Å². The third-order valence-corrected chi connectivity index (χ3v) is 4.51. The molecule has 1 aromatic carbocycles. The molecule has 1 unspecified atom stereocenters. The molecule has 1 aliphatic heterocycles. The van der Waals surface area contributed by atoms with Crippen molar-refractivity contribution in [2.45, 2.75) is 31.9 Å². The van der Waals surface area contributed by atoms with Crippen LogP contribution in [0.3, 0.4) is 0 Å². The van der Waals surface area contributed by atoms with Crippen LogP contribution in [0.5, 0.6) is 0 Å². The van der Waals surface area contributed by atoms with E-state index in [0.29, 0.717) is 12.5 Å². The molecule has 21 heavy (non-hydrogen) atoms. The zero-order valence-corrected chi connectivity index (χ0v) is 13.3. The quantitative estimate of drug-likeness (QED) is 0.797. The highest BCUT2D eigenvalue weighted by atomic mass is 35.5. The Bertz CT molecular complexity index is 632. The van der Waals surface area contributed by atoms with Gasteiger partial charge in [-0.05, 0) is 18.6 Å². The Balaban J connectivity index is 2.06. The third kappa shape index (κ3) is 2.68. The lowest BCUT2D eigenvalue weighted by molar-refractivity contribution is -0.0292. The number of ether oxygens (including phenoxy) is 2. The fourth-order valence-electron chi connectivity index (χ4n) is 3.01. The molecule has 2 aromatic rings. The van der Waals surface area contributed by atoms with Crippen LogP contribution in [0.15, 0.2) is 18.2 Å². The van der Waals surface area contributed by atoms with Crippen molar-refractivity contribution in [3.8, 4) is 0 Å². The maximum Gasteiger partial charge on any atom is 0.111 e. The predicted molar refractivity (Wildman–Crippen MR) is 84.1 cm³/mol. The van der Waals surface area contributed by atoms with Crippen molar-refractivity contribution in [1.29, 1.82) is 0 Å². The van der Waals surface area contributed by atoms with Gasteiger partial charge in [-0.2, -0.15) is 0 Å². The number of para-hydroxylation sites is 1. The summed E-state index contributed by atoms with van der Waals surface area (Å²) in [6.07, 6.45) is 1.67. The topological polar surface area (TPSA) is 36.3 Å². The number of alkyl halides is 1. The number of hydrogen-bond donors (Lipinski definition) is 0. The summed E-state index contributed by atoms with van der Waals surface area (Å²) in [7, 11) is 1.76. The molecule has 0 N–H and O–H groups in total. The number of hydrogen-bond acceptors (Lipinski definition) is 3. The summed E-state index contributed by atoms with van der Waals surface area (Å²) in [5.41, 5.74) is 3.15. The average Bonchev–Trinajstić information content (AvgIpc) is 3.08. The first-order valence-corrected chi connectivity index (χ1v) is 7.86. The lowest BCUT2D eigenvalue weighted by atomic mass is 10.0. The van der Waals surface area contributed by atoms with Crippen LogP contribution >= 0.6 is 11.6 Å². The molecule has 1 aliphatic rings. The number of aryl methyl sites for hydroxylation is 2. The molecule has 114 valence electrons. The molecular formula is C16H21ClN2O2.